The van der Waals surface area contributed by atoms with Gasteiger partial charge in [-0.2, -0.15) is 5.10 Å². The van der Waals surface area contributed by atoms with Gasteiger partial charge < -0.3 is 4.90 Å². The number of halogens is 1. The molecule has 0 aliphatic carbocycles. The maximum atomic E-state index is 12.6. The van der Waals surface area contributed by atoms with E-state index >= 15 is 0 Å². The van der Waals surface area contributed by atoms with Crippen molar-refractivity contribution in [2.24, 2.45) is 7.05 Å². The predicted molar refractivity (Wildman–Crippen MR) is 85.8 cm³/mol. The van der Waals surface area contributed by atoms with Crippen molar-refractivity contribution >= 4 is 38.9 Å². The normalized spacial score (nSPS) is 11.0. The number of carbonyl (C=O) groups is 1. The highest BCUT2D eigenvalue weighted by Crippen LogP contribution is 2.35. The van der Waals surface area contributed by atoms with Gasteiger partial charge in [-0.05, 0) is 12.1 Å². The highest BCUT2D eigenvalue weighted by Gasteiger charge is 2.20. The van der Waals surface area contributed by atoms with Gasteiger partial charge in [-0.15, -0.1) is 11.3 Å². The van der Waals surface area contributed by atoms with Crippen LogP contribution in [0.5, 0.6) is 0 Å². The first-order valence-corrected chi connectivity index (χ1v) is 7.66. The molecule has 3 aromatic rings. The first-order chi connectivity index (χ1) is 10.1. The smallest absolute Gasteiger partial charge is 0.265 e. The number of rotatable bonds is 3. The second kappa shape index (κ2) is 5.50. The zero-order valence-corrected chi connectivity index (χ0v) is 13.3. The van der Waals surface area contributed by atoms with Crippen molar-refractivity contribution in [2.75, 3.05) is 7.05 Å². The highest BCUT2D eigenvalue weighted by molar-refractivity contribution is 7.21. The van der Waals surface area contributed by atoms with E-state index in [-0.39, 0.29) is 5.91 Å². The number of amides is 1. The number of thiophene rings is 1. The van der Waals surface area contributed by atoms with Gasteiger partial charge in [-0.25, -0.2) is 0 Å². The highest BCUT2D eigenvalue weighted by atomic mass is 35.5. The third-order valence-electron chi connectivity index (χ3n) is 3.24. The van der Waals surface area contributed by atoms with Crippen molar-refractivity contribution in [1.82, 2.24) is 14.7 Å². The third kappa shape index (κ3) is 2.66. The molecule has 0 N–H and O–H groups in total. The van der Waals surface area contributed by atoms with Crippen LogP contribution >= 0.6 is 22.9 Å². The molecular formula is C15H14ClN3OS. The quantitative estimate of drug-likeness (QED) is 0.740. The lowest BCUT2D eigenvalue weighted by Crippen LogP contribution is -2.25. The summed E-state index contributed by atoms with van der Waals surface area (Å²) in [5, 5.41) is 5.75. The summed E-state index contributed by atoms with van der Waals surface area (Å²) in [4.78, 5) is 14.8. The molecule has 0 fully saturated rings. The monoisotopic (exact) mass is 319 g/mol. The van der Waals surface area contributed by atoms with Gasteiger partial charge >= 0.3 is 0 Å². The van der Waals surface area contributed by atoms with Crippen LogP contribution in [0, 0.1) is 0 Å². The Balaban J connectivity index is 1.87. The molecule has 0 saturated carbocycles. The lowest BCUT2D eigenvalue weighted by Gasteiger charge is -2.14. The van der Waals surface area contributed by atoms with E-state index in [0.29, 0.717) is 16.4 Å². The molecule has 0 aliphatic rings. The van der Waals surface area contributed by atoms with Gasteiger partial charge in [0.1, 0.15) is 4.88 Å². The molecule has 2 aromatic heterocycles. The van der Waals surface area contributed by atoms with E-state index < -0.39 is 0 Å². The molecule has 0 bridgehead atoms. The van der Waals surface area contributed by atoms with Crippen molar-refractivity contribution in [1.29, 1.82) is 0 Å². The fraction of sp³-hybridized carbons (Fsp3) is 0.200. The Hall–Kier alpha value is -1.85. The van der Waals surface area contributed by atoms with Crippen LogP contribution in [-0.2, 0) is 13.6 Å². The summed E-state index contributed by atoms with van der Waals surface area (Å²) in [7, 11) is 3.62. The number of benzene rings is 1. The zero-order chi connectivity index (χ0) is 15.0. The molecule has 21 heavy (non-hydrogen) atoms. The number of carbonyl (C=O) groups excluding carboxylic acids is 1. The van der Waals surface area contributed by atoms with Gasteiger partial charge in [-0.1, -0.05) is 29.8 Å². The van der Waals surface area contributed by atoms with Crippen LogP contribution in [-0.4, -0.2) is 27.6 Å². The summed E-state index contributed by atoms with van der Waals surface area (Å²) in [6.45, 7) is 0.463. The number of hydrogen-bond donors (Lipinski definition) is 0. The lowest BCUT2D eigenvalue weighted by atomic mass is 10.2. The molecule has 2 heterocycles. The Labute approximate surface area is 131 Å². The van der Waals surface area contributed by atoms with Crippen molar-refractivity contribution in [3.63, 3.8) is 0 Å². The summed E-state index contributed by atoms with van der Waals surface area (Å²) in [5.41, 5.74) is 0.852. The van der Waals surface area contributed by atoms with Gasteiger partial charge in [0.15, 0.2) is 0 Å². The van der Waals surface area contributed by atoms with Crippen LogP contribution in [0.1, 0.15) is 15.4 Å². The van der Waals surface area contributed by atoms with Crippen LogP contribution in [0.25, 0.3) is 10.1 Å². The SMILES string of the molecule is CN(Cc1ccn(C)n1)C(=O)c1sc2ccccc2c1Cl. The molecule has 6 heteroatoms. The molecule has 0 unspecified atom stereocenters. The average molecular weight is 320 g/mol. The Kier molecular flexibility index (Phi) is 3.69. The second-order valence-corrected chi connectivity index (χ2v) is 6.31. The second-order valence-electron chi connectivity index (χ2n) is 4.88. The van der Waals surface area contributed by atoms with E-state index in [4.69, 9.17) is 11.6 Å². The zero-order valence-electron chi connectivity index (χ0n) is 11.7. The molecule has 0 atom stereocenters. The Bertz CT molecular complexity index is 808. The predicted octanol–water partition coefficient (Wildman–Crippen LogP) is 3.56. The van der Waals surface area contributed by atoms with E-state index in [0.717, 1.165) is 15.8 Å². The van der Waals surface area contributed by atoms with Crippen molar-refractivity contribution in [2.45, 2.75) is 6.54 Å². The van der Waals surface area contributed by atoms with Crippen molar-refractivity contribution < 1.29 is 4.79 Å². The minimum atomic E-state index is -0.0770. The summed E-state index contributed by atoms with van der Waals surface area (Å²) in [5.74, 6) is -0.0770. The third-order valence-corrected chi connectivity index (χ3v) is 4.91. The first kappa shape index (κ1) is 14.1. The fourth-order valence-corrected chi connectivity index (χ4v) is 3.69. The van der Waals surface area contributed by atoms with E-state index in [1.165, 1.54) is 11.3 Å². The van der Waals surface area contributed by atoms with Crippen molar-refractivity contribution in [3.8, 4) is 0 Å². The number of hydrogen-bond acceptors (Lipinski definition) is 3. The average Bonchev–Trinajstić information content (AvgIpc) is 3.03. The molecular weight excluding hydrogens is 306 g/mol. The molecule has 0 saturated heterocycles. The number of aromatic nitrogens is 2. The molecule has 0 spiro atoms. The molecule has 3 rings (SSSR count). The number of nitrogens with zero attached hydrogens (tertiary/aromatic N) is 3. The van der Waals surface area contributed by atoms with Gasteiger partial charge in [-0.3, -0.25) is 9.48 Å². The van der Waals surface area contributed by atoms with E-state index in [1.807, 2.05) is 43.6 Å². The summed E-state index contributed by atoms with van der Waals surface area (Å²) < 4.78 is 2.75. The topological polar surface area (TPSA) is 38.1 Å². The summed E-state index contributed by atoms with van der Waals surface area (Å²) >= 11 is 7.77. The summed E-state index contributed by atoms with van der Waals surface area (Å²) in [6.07, 6.45) is 1.86. The minimum Gasteiger partial charge on any atom is -0.335 e. The van der Waals surface area contributed by atoms with E-state index in [2.05, 4.69) is 5.10 Å². The van der Waals surface area contributed by atoms with Crippen LogP contribution in [0.4, 0.5) is 0 Å². The maximum absolute atomic E-state index is 12.6. The largest absolute Gasteiger partial charge is 0.335 e. The molecule has 0 radical (unpaired) electrons. The van der Waals surface area contributed by atoms with Crippen molar-refractivity contribution in [3.05, 3.63) is 52.1 Å². The Morgan fingerprint density at radius 2 is 2.14 bits per heavy atom. The van der Waals surface area contributed by atoms with E-state index in [9.17, 15) is 4.79 Å². The van der Waals surface area contributed by atoms with Crippen LogP contribution in [0.3, 0.4) is 0 Å². The number of aryl methyl sites for hydroxylation is 1. The minimum absolute atomic E-state index is 0.0770. The van der Waals surface area contributed by atoms with Crippen LogP contribution in [0.15, 0.2) is 36.5 Å². The van der Waals surface area contributed by atoms with Gasteiger partial charge in [0.2, 0.25) is 0 Å². The molecule has 1 aromatic carbocycles. The van der Waals surface area contributed by atoms with E-state index in [1.54, 1.807) is 16.6 Å². The number of fused-ring (bicyclic) bond motifs is 1. The maximum Gasteiger partial charge on any atom is 0.265 e. The van der Waals surface area contributed by atoms with Gasteiger partial charge in [0.05, 0.1) is 17.3 Å². The lowest BCUT2D eigenvalue weighted by molar-refractivity contribution is 0.0788. The standard InChI is InChI=1S/C15H14ClN3OS/c1-18(9-10-7-8-19(2)17-10)15(20)14-13(16)11-5-3-4-6-12(11)21-14/h3-8H,9H2,1-2H3. The van der Waals surface area contributed by atoms with Crippen LogP contribution < -0.4 is 0 Å². The molecule has 1 amide bonds. The van der Waals surface area contributed by atoms with Gasteiger partial charge in [0, 0.05) is 30.4 Å². The van der Waals surface area contributed by atoms with Gasteiger partial charge in [0.25, 0.3) is 5.91 Å². The molecule has 108 valence electrons. The Morgan fingerprint density at radius 3 is 2.81 bits per heavy atom. The molecule has 0 aliphatic heterocycles. The molecule has 4 nitrogen and oxygen atoms in total. The first-order valence-electron chi connectivity index (χ1n) is 6.47. The Morgan fingerprint density at radius 1 is 1.38 bits per heavy atom. The fourth-order valence-electron chi connectivity index (χ4n) is 2.19. The summed E-state index contributed by atoms with van der Waals surface area (Å²) in [6, 6.07) is 9.68. The van der Waals surface area contributed by atoms with Crippen LogP contribution in [0.2, 0.25) is 5.02 Å².